The smallest absolute Gasteiger partial charge is 0.303 e. The quantitative estimate of drug-likeness (QED) is 0.379. The summed E-state index contributed by atoms with van der Waals surface area (Å²) in [5.41, 5.74) is -0.0158. The Bertz CT molecular complexity index is 720. The number of nitrogens with one attached hydrogen (secondary N) is 1. The van der Waals surface area contributed by atoms with Gasteiger partial charge in [0.2, 0.25) is 5.91 Å². The summed E-state index contributed by atoms with van der Waals surface area (Å²) >= 11 is 0. The SMILES string of the molecule is O=C(O)CCCCCNC(=O)CN1C(=O)COc2ccc([N+](=O)[O-])cc21. The molecule has 140 valence electrons. The van der Waals surface area contributed by atoms with Gasteiger partial charge in [0.05, 0.1) is 10.6 Å². The topological polar surface area (TPSA) is 139 Å². The fourth-order valence-corrected chi connectivity index (χ4v) is 2.48. The fourth-order valence-electron chi connectivity index (χ4n) is 2.48. The molecule has 1 aliphatic heterocycles. The van der Waals surface area contributed by atoms with Gasteiger partial charge in [-0.1, -0.05) is 6.42 Å². The number of hydrogen-bond acceptors (Lipinski definition) is 6. The van der Waals surface area contributed by atoms with Crippen molar-refractivity contribution in [3.05, 3.63) is 28.3 Å². The molecule has 0 aromatic heterocycles. The highest BCUT2D eigenvalue weighted by Crippen LogP contribution is 2.35. The van der Waals surface area contributed by atoms with Crippen molar-refractivity contribution in [2.45, 2.75) is 25.7 Å². The van der Waals surface area contributed by atoms with Crippen molar-refractivity contribution < 1.29 is 29.2 Å². The molecule has 0 aliphatic carbocycles. The lowest BCUT2D eigenvalue weighted by Crippen LogP contribution is -2.45. The summed E-state index contributed by atoms with van der Waals surface area (Å²) in [6.45, 7) is -0.155. The zero-order valence-corrected chi connectivity index (χ0v) is 14.0. The molecule has 0 radical (unpaired) electrons. The van der Waals surface area contributed by atoms with Gasteiger partial charge in [0.15, 0.2) is 6.61 Å². The molecule has 1 heterocycles. The summed E-state index contributed by atoms with van der Waals surface area (Å²) in [6.07, 6.45) is 1.91. The van der Waals surface area contributed by atoms with Crippen molar-refractivity contribution in [3.63, 3.8) is 0 Å². The minimum absolute atomic E-state index is 0.0891. The number of fused-ring (bicyclic) bond motifs is 1. The van der Waals surface area contributed by atoms with Crippen LogP contribution in [0.1, 0.15) is 25.7 Å². The molecule has 0 spiro atoms. The minimum Gasteiger partial charge on any atom is -0.482 e. The lowest BCUT2D eigenvalue weighted by atomic mass is 10.2. The highest BCUT2D eigenvalue weighted by Gasteiger charge is 2.29. The third-order valence-electron chi connectivity index (χ3n) is 3.79. The van der Waals surface area contributed by atoms with E-state index in [4.69, 9.17) is 9.84 Å². The molecule has 1 aromatic rings. The Balaban J connectivity index is 1.91. The largest absolute Gasteiger partial charge is 0.482 e. The van der Waals surface area contributed by atoms with Crippen molar-refractivity contribution in [1.82, 2.24) is 5.32 Å². The molecule has 1 aromatic carbocycles. The van der Waals surface area contributed by atoms with Crippen LogP contribution in [0, 0.1) is 10.1 Å². The van der Waals surface area contributed by atoms with Crippen molar-refractivity contribution in [2.75, 3.05) is 24.6 Å². The molecular formula is C16H19N3O7. The maximum atomic E-state index is 12.1. The van der Waals surface area contributed by atoms with Crippen molar-refractivity contribution >= 4 is 29.2 Å². The maximum absolute atomic E-state index is 12.1. The van der Waals surface area contributed by atoms with Crippen LogP contribution < -0.4 is 15.0 Å². The number of aliphatic carboxylic acids is 1. The Kier molecular flexibility index (Phi) is 6.48. The van der Waals surface area contributed by atoms with Crippen LogP contribution in [0.5, 0.6) is 5.75 Å². The number of nitro groups is 1. The first-order valence-corrected chi connectivity index (χ1v) is 8.08. The van der Waals surface area contributed by atoms with Crippen LogP contribution in [0.15, 0.2) is 18.2 Å². The molecule has 0 saturated carbocycles. The van der Waals surface area contributed by atoms with Crippen LogP contribution in [0.25, 0.3) is 0 Å². The first-order valence-electron chi connectivity index (χ1n) is 8.08. The number of hydrogen-bond donors (Lipinski definition) is 2. The summed E-state index contributed by atoms with van der Waals surface area (Å²) in [4.78, 5) is 46.0. The first-order chi connectivity index (χ1) is 12.4. The van der Waals surface area contributed by atoms with Crippen molar-refractivity contribution in [2.24, 2.45) is 0 Å². The predicted octanol–water partition coefficient (Wildman–Crippen LogP) is 1.08. The highest BCUT2D eigenvalue weighted by molar-refractivity contribution is 6.02. The summed E-state index contributed by atoms with van der Waals surface area (Å²) in [7, 11) is 0. The van der Waals surface area contributed by atoms with E-state index >= 15 is 0 Å². The Morgan fingerprint density at radius 2 is 2.08 bits per heavy atom. The second-order valence-corrected chi connectivity index (χ2v) is 5.73. The van der Waals surface area contributed by atoms with Gasteiger partial charge in [-0.05, 0) is 18.9 Å². The summed E-state index contributed by atoms with van der Waals surface area (Å²) in [6, 6.07) is 3.86. The number of ether oxygens (including phenoxy) is 1. The molecule has 0 atom stereocenters. The Morgan fingerprint density at radius 1 is 1.31 bits per heavy atom. The number of rotatable bonds is 9. The van der Waals surface area contributed by atoms with E-state index in [1.54, 1.807) is 0 Å². The monoisotopic (exact) mass is 365 g/mol. The zero-order valence-electron chi connectivity index (χ0n) is 14.0. The number of benzene rings is 1. The molecular weight excluding hydrogens is 346 g/mol. The van der Waals surface area contributed by atoms with Crippen molar-refractivity contribution in [3.8, 4) is 5.75 Å². The fraction of sp³-hybridized carbons (Fsp3) is 0.438. The van der Waals surface area contributed by atoms with Crippen LogP contribution in [0.3, 0.4) is 0 Å². The molecule has 2 amide bonds. The van der Waals surface area contributed by atoms with Gasteiger partial charge in [-0.2, -0.15) is 0 Å². The molecule has 10 nitrogen and oxygen atoms in total. The molecule has 0 saturated heterocycles. The Morgan fingerprint density at radius 3 is 2.77 bits per heavy atom. The lowest BCUT2D eigenvalue weighted by Gasteiger charge is -2.28. The van der Waals surface area contributed by atoms with E-state index in [1.807, 2.05) is 0 Å². The normalized spacial score (nSPS) is 12.9. The number of carbonyl (C=O) groups is 3. The van der Waals surface area contributed by atoms with E-state index in [1.165, 1.54) is 18.2 Å². The van der Waals surface area contributed by atoms with E-state index in [2.05, 4.69) is 5.32 Å². The zero-order chi connectivity index (χ0) is 19.1. The van der Waals surface area contributed by atoms with Gasteiger partial charge < -0.3 is 15.2 Å². The number of amides is 2. The van der Waals surface area contributed by atoms with E-state index in [0.29, 0.717) is 31.6 Å². The number of nitrogens with zero attached hydrogens (tertiary/aromatic N) is 2. The third kappa shape index (κ3) is 5.16. The average Bonchev–Trinajstić information content (AvgIpc) is 2.59. The number of unbranched alkanes of at least 4 members (excludes halogenated alkanes) is 2. The molecule has 2 N–H and O–H groups in total. The molecule has 0 fully saturated rings. The number of carbonyl (C=O) groups excluding carboxylic acids is 2. The van der Waals surface area contributed by atoms with Gasteiger partial charge in [0.25, 0.3) is 11.6 Å². The second-order valence-electron chi connectivity index (χ2n) is 5.73. The Hall–Kier alpha value is -3.17. The molecule has 0 bridgehead atoms. The van der Waals surface area contributed by atoms with Gasteiger partial charge in [0, 0.05) is 25.1 Å². The summed E-state index contributed by atoms with van der Waals surface area (Å²) < 4.78 is 5.23. The maximum Gasteiger partial charge on any atom is 0.303 e. The molecule has 2 rings (SSSR count). The van der Waals surface area contributed by atoms with Crippen LogP contribution >= 0.6 is 0 Å². The lowest BCUT2D eigenvalue weighted by molar-refractivity contribution is -0.384. The minimum atomic E-state index is -0.854. The highest BCUT2D eigenvalue weighted by atomic mass is 16.6. The summed E-state index contributed by atoms with van der Waals surface area (Å²) in [5.74, 6) is -1.42. The first kappa shape index (κ1) is 19.2. The van der Waals surface area contributed by atoms with Crippen LogP contribution in [-0.2, 0) is 14.4 Å². The van der Waals surface area contributed by atoms with Crippen molar-refractivity contribution in [1.29, 1.82) is 0 Å². The number of carboxylic acid groups (broad SMARTS) is 1. The van der Waals surface area contributed by atoms with Gasteiger partial charge >= 0.3 is 5.97 Å². The van der Waals surface area contributed by atoms with E-state index in [9.17, 15) is 24.5 Å². The van der Waals surface area contributed by atoms with Crippen LogP contribution in [0.4, 0.5) is 11.4 Å². The second kappa shape index (κ2) is 8.79. The van der Waals surface area contributed by atoms with Gasteiger partial charge in [-0.15, -0.1) is 0 Å². The number of nitro benzene ring substituents is 1. The standard InChI is InChI=1S/C16H19N3O7/c20-14(17-7-3-1-2-4-16(22)23)9-18-12-8-11(19(24)25)5-6-13(12)26-10-15(18)21/h5-6,8H,1-4,7,9-10H2,(H,17,20)(H,22,23). The predicted molar refractivity (Wildman–Crippen MR) is 90.1 cm³/mol. The van der Waals surface area contributed by atoms with Gasteiger partial charge in [0.1, 0.15) is 12.3 Å². The van der Waals surface area contributed by atoms with E-state index in [-0.39, 0.29) is 30.9 Å². The van der Waals surface area contributed by atoms with Gasteiger partial charge in [-0.3, -0.25) is 29.4 Å². The molecule has 1 aliphatic rings. The van der Waals surface area contributed by atoms with Gasteiger partial charge in [-0.25, -0.2) is 0 Å². The number of anilines is 1. The Labute approximate surface area is 148 Å². The van der Waals surface area contributed by atoms with Crippen LogP contribution in [-0.4, -0.2) is 47.5 Å². The van der Waals surface area contributed by atoms with Crippen LogP contribution in [0.2, 0.25) is 0 Å². The van der Waals surface area contributed by atoms with E-state index < -0.39 is 22.7 Å². The summed E-state index contributed by atoms with van der Waals surface area (Å²) in [5, 5.41) is 22.1. The molecule has 0 unspecified atom stereocenters. The number of carboxylic acids is 1. The third-order valence-corrected chi connectivity index (χ3v) is 3.79. The average molecular weight is 365 g/mol. The molecule has 10 heteroatoms. The molecule has 26 heavy (non-hydrogen) atoms. The number of non-ortho nitro benzene ring substituents is 1. The van der Waals surface area contributed by atoms with E-state index in [0.717, 1.165) is 4.90 Å².